The average Bonchev–Trinajstić information content (AvgIpc) is 2.43. The lowest BCUT2D eigenvalue weighted by molar-refractivity contribution is -0.124. The molecule has 3 nitrogen and oxygen atoms in total. The Kier molecular flexibility index (Phi) is 5.24. The smallest absolute Gasteiger partial charge is 0.258 e. The fraction of sp³-hybridized carbons (Fsp3) is 0.533. The molecular weight excluding hydrogens is 281 g/mol. The normalized spacial score (nSPS) is 22.4. The molecule has 0 radical (unpaired) electrons. The van der Waals surface area contributed by atoms with Gasteiger partial charge in [0.15, 0.2) is 6.61 Å². The topological polar surface area (TPSA) is 38.3 Å². The Morgan fingerprint density at radius 3 is 2.90 bits per heavy atom. The molecule has 1 aromatic rings. The predicted molar refractivity (Wildman–Crippen MR) is 76.5 cm³/mol. The van der Waals surface area contributed by atoms with E-state index in [2.05, 4.69) is 12.2 Å². The van der Waals surface area contributed by atoms with Crippen molar-refractivity contribution in [3.05, 3.63) is 29.0 Å². The molecular formula is C15H19ClFNO2. The SMILES string of the molecule is C[C@@H]1CCCC[C@@H]1NC(=O)COc1ccc(F)c(Cl)c1. The summed E-state index contributed by atoms with van der Waals surface area (Å²) in [6.45, 7) is 2.08. The van der Waals surface area contributed by atoms with E-state index in [-0.39, 0.29) is 23.6 Å². The van der Waals surface area contributed by atoms with Gasteiger partial charge in [-0.1, -0.05) is 31.4 Å². The van der Waals surface area contributed by atoms with Gasteiger partial charge in [0.1, 0.15) is 11.6 Å². The van der Waals surface area contributed by atoms with Crippen LogP contribution in [0.5, 0.6) is 5.75 Å². The highest BCUT2D eigenvalue weighted by Crippen LogP contribution is 2.24. The fourth-order valence-electron chi connectivity index (χ4n) is 2.49. The molecule has 0 saturated heterocycles. The van der Waals surface area contributed by atoms with E-state index in [9.17, 15) is 9.18 Å². The zero-order valence-electron chi connectivity index (χ0n) is 11.5. The molecule has 1 saturated carbocycles. The third-order valence-electron chi connectivity index (χ3n) is 3.72. The van der Waals surface area contributed by atoms with E-state index in [0.717, 1.165) is 19.3 Å². The van der Waals surface area contributed by atoms with Crippen molar-refractivity contribution in [2.24, 2.45) is 5.92 Å². The van der Waals surface area contributed by atoms with Crippen LogP contribution in [0.1, 0.15) is 32.6 Å². The minimum atomic E-state index is -0.500. The first kappa shape index (κ1) is 15.1. The highest BCUT2D eigenvalue weighted by Gasteiger charge is 2.22. The second-order valence-electron chi connectivity index (χ2n) is 5.30. The Labute approximate surface area is 123 Å². The molecule has 5 heteroatoms. The van der Waals surface area contributed by atoms with Crippen molar-refractivity contribution in [2.45, 2.75) is 38.6 Å². The lowest BCUT2D eigenvalue weighted by Gasteiger charge is -2.29. The van der Waals surface area contributed by atoms with E-state index in [1.54, 1.807) is 0 Å². The Morgan fingerprint density at radius 1 is 1.45 bits per heavy atom. The van der Waals surface area contributed by atoms with Crippen LogP contribution in [-0.4, -0.2) is 18.6 Å². The number of halogens is 2. The van der Waals surface area contributed by atoms with Crippen molar-refractivity contribution in [2.75, 3.05) is 6.61 Å². The molecule has 1 aliphatic carbocycles. The zero-order chi connectivity index (χ0) is 14.5. The molecule has 0 heterocycles. The molecule has 0 unspecified atom stereocenters. The van der Waals surface area contributed by atoms with Crippen LogP contribution in [-0.2, 0) is 4.79 Å². The van der Waals surface area contributed by atoms with Crippen LogP contribution in [0.15, 0.2) is 18.2 Å². The Hall–Kier alpha value is -1.29. The van der Waals surface area contributed by atoms with Crippen LogP contribution in [0.3, 0.4) is 0 Å². The molecule has 0 spiro atoms. The molecule has 1 N–H and O–H groups in total. The van der Waals surface area contributed by atoms with Crippen molar-refractivity contribution in [1.29, 1.82) is 0 Å². The number of rotatable bonds is 4. The van der Waals surface area contributed by atoms with E-state index < -0.39 is 5.82 Å². The Balaban J connectivity index is 1.81. The summed E-state index contributed by atoms with van der Waals surface area (Å²) in [5, 5.41) is 2.98. The molecule has 1 aromatic carbocycles. The number of hydrogen-bond acceptors (Lipinski definition) is 2. The number of carbonyl (C=O) groups is 1. The van der Waals surface area contributed by atoms with Crippen molar-refractivity contribution in [1.82, 2.24) is 5.32 Å². The molecule has 2 atom stereocenters. The van der Waals surface area contributed by atoms with Crippen molar-refractivity contribution in [3.8, 4) is 5.75 Å². The van der Waals surface area contributed by atoms with Gasteiger partial charge in [0.05, 0.1) is 5.02 Å². The van der Waals surface area contributed by atoms with Gasteiger partial charge in [-0.25, -0.2) is 4.39 Å². The molecule has 0 aromatic heterocycles. The standard InChI is InChI=1S/C15H19ClFNO2/c1-10-4-2-3-5-14(10)18-15(19)9-20-11-6-7-13(17)12(16)8-11/h6-8,10,14H,2-5,9H2,1H3,(H,18,19)/t10-,14+/m1/s1. The molecule has 20 heavy (non-hydrogen) atoms. The largest absolute Gasteiger partial charge is 0.484 e. The summed E-state index contributed by atoms with van der Waals surface area (Å²) < 4.78 is 18.3. The van der Waals surface area contributed by atoms with Crippen LogP contribution in [0.4, 0.5) is 4.39 Å². The molecule has 110 valence electrons. The monoisotopic (exact) mass is 299 g/mol. The van der Waals surface area contributed by atoms with Crippen molar-refractivity contribution in [3.63, 3.8) is 0 Å². The van der Waals surface area contributed by atoms with E-state index >= 15 is 0 Å². The predicted octanol–water partition coefficient (Wildman–Crippen LogP) is 3.55. The van der Waals surface area contributed by atoms with Gasteiger partial charge in [-0.3, -0.25) is 4.79 Å². The van der Waals surface area contributed by atoms with Crippen LogP contribution in [0.25, 0.3) is 0 Å². The van der Waals surface area contributed by atoms with Crippen LogP contribution < -0.4 is 10.1 Å². The summed E-state index contributed by atoms with van der Waals surface area (Å²) in [7, 11) is 0. The molecule has 2 rings (SSSR count). The molecule has 1 fully saturated rings. The summed E-state index contributed by atoms with van der Waals surface area (Å²) in [5.74, 6) is 0.250. The second kappa shape index (κ2) is 6.93. The Morgan fingerprint density at radius 2 is 2.20 bits per heavy atom. The number of ether oxygens (including phenoxy) is 1. The van der Waals surface area contributed by atoms with Gasteiger partial charge in [0, 0.05) is 12.1 Å². The highest BCUT2D eigenvalue weighted by molar-refractivity contribution is 6.30. The van der Waals surface area contributed by atoms with Crippen LogP contribution >= 0.6 is 11.6 Å². The van der Waals surface area contributed by atoms with E-state index in [1.807, 2.05) is 0 Å². The minimum absolute atomic E-state index is 0.0104. The number of carbonyl (C=O) groups excluding carboxylic acids is 1. The number of amides is 1. The second-order valence-corrected chi connectivity index (χ2v) is 5.71. The highest BCUT2D eigenvalue weighted by atomic mass is 35.5. The molecule has 1 aliphatic rings. The summed E-state index contributed by atoms with van der Waals surface area (Å²) in [6, 6.07) is 4.28. The molecule has 0 aliphatic heterocycles. The van der Waals surface area contributed by atoms with Crippen LogP contribution in [0, 0.1) is 11.7 Å². The van der Waals surface area contributed by atoms with Gasteiger partial charge < -0.3 is 10.1 Å². The first-order valence-corrected chi connectivity index (χ1v) is 7.31. The molecule has 0 bridgehead atoms. The van der Waals surface area contributed by atoms with Gasteiger partial charge in [-0.2, -0.15) is 0 Å². The first-order valence-electron chi connectivity index (χ1n) is 6.93. The zero-order valence-corrected chi connectivity index (χ0v) is 12.3. The van der Waals surface area contributed by atoms with Gasteiger partial charge in [-0.15, -0.1) is 0 Å². The van der Waals surface area contributed by atoms with Crippen molar-refractivity contribution < 1.29 is 13.9 Å². The molecule has 1 amide bonds. The lowest BCUT2D eigenvalue weighted by Crippen LogP contribution is -2.43. The number of hydrogen-bond donors (Lipinski definition) is 1. The van der Waals surface area contributed by atoms with Gasteiger partial charge >= 0.3 is 0 Å². The van der Waals surface area contributed by atoms with Gasteiger partial charge in [0.25, 0.3) is 5.91 Å². The summed E-state index contributed by atoms with van der Waals surface area (Å²) in [5.41, 5.74) is 0. The van der Waals surface area contributed by atoms with Gasteiger partial charge in [-0.05, 0) is 30.9 Å². The first-order chi connectivity index (χ1) is 9.56. The summed E-state index contributed by atoms with van der Waals surface area (Å²) >= 11 is 5.65. The third kappa shape index (κ3) is 4.10. The van der Waals surface area contributed by atoms with E-state index in [1.165, 1.54) is 24.6 Å². The maximum absolute atomic E-state index is 13.0. The summed E-state index contributed by atoms with van der Waals surface area (Å²) in [6.07, 6.45) is 4.57. The fourth-order valence-corrected chi connectivity index (χ4v) is 2.67. The average molecular weight is 300 g/mol. The van der Waals surface area contributed by atoms with E-state index in [0.29, 0.717) is 11.7 Å². The van der Waals surface area contributed by atoms with E-state index in [4.69, 9.17) is 16.3 Å². The van der Waals surface area contributed by atoms with Crippen molar-refractivity contribution >= 4 is 17.5 Å². The lowest BCUT2D eigenvalue weighted by atomic mass is 9.86. The maximum atomic E-state index is 13.0. The third-order valence-corrected chi connectivity index (χ3v) is 4.01. The number of benzene rings is 1. The number of nitrogens with one attached hydrogen (secondary N) is 1. The van der Waals surface area contributed by atoms with Gasteiger partial charge in [0.2, 0.25) is 0 Å². The maximum Gasteiger partial charge on any atom is 0.258 e. The summed E-state index contributed by atoms with van der Waals surface area (Å²) in [4.78, 5) is 11.8. The quantitative estimate of drug-likeness (QED) is 0.923. The van der Waals surface area contributed by atoms with Crippen LogP contribution in [0.2, 0.25) is 5.02 Å². The minimum Gasteiger partial charge on any atom is -0.484 e. The Bertz CT molecular complexity index is 481.